The van der Waals surface area contributed by atoms with Gasteiger partial charge in [0.25, 0.3) is 5.69 Å². The first-order valence-electron chi connectivity index (χ1n) is 5.14. The number of rotatable bonds is 5. The van der Waals surface area contributed by atoms with Crippen LogP contribution in [0.3, 0.4) is 0 Å². The highest BCUT2D eigenvalue weighted by Crippen LogP contribution is 2.23. The average Bonchev–Trinajstić information content (AvgIpc) is 2.38. The lowest BCUT2D eigenvalue weighted by Crippen LogP contribution is -2.42. The zero-order valence-electron chi connectivity index (χ0n) is 9.75. The number of nitro groups is 1. The molecule has 0 aliphatic rings. The molecular formula is C11H13N3O4. The minimum Gasteiger partial charge on any atom is -0.394 e. The van der Waals surface area contributed by atoms with Gasteiger partial charge in [-0.3, -0.25) is 10.1 Å². The number of nitriles is 1. The van der Waals surface area contributed by atoms with Crippen LogP contribution in [0.2, 0.25) is 0 Å². The fourth-order valence-corrected chi connectivity index (χ4v) is 1.34. The first kappa shape index (κ1) is 13.9. The molecule has 0 radical (unpaired) electrons. The molecule has 0 aliphatic heterocycles. The summed E-state index contributed by atoms with van der Waals surface area (Å²) in [5.41, 5.74) is -0.896. The number of anilines is 1. The molecule has 0 aliphatic carbocycles. The van der Waals surface area contributed by atoms with Gasteiger partial charge in [-0.2, -0.15) is 5.26 Å². The van der Waals surface area contributed by atoms with Gasteiger partial charge in [-0.05, 0) is 19.1 Å². The molecule has 0 amide bonds. The molecule has 0 saturated carbocycles. The van der Waals surface area contributed by atoms with Crippen LogP contribution < -0.4 is 5.32 Å². The molecule has 0 fully saturated rings. The second-order valence-corrected chi connectivity index (χ2v) is 4.10. The summed E-state index contributed by atoms with van der Waals surface area (Å²) in [4.78, 5) is 10.0. The fourth-order valence-electron chi connectivity index (χ4n) is 1.34. The summed E-state index contributed by atoms with van der Waals surface area (Å²) in [6.07, 6.45) is 0. The zero-order valence-corrected chi connectivity index (χ0v) is 9.75. The summed E-state index contributed by atoms with van der Waals surface area (Å²) < 4.78 is 0. The van der Waals surface area contributed by atoms with Crippen molar-refractivity contribution in [3.8, 4) is 6.07 Å². The third-order valence-corrected chi connectivity index (χ3v) is 2.46. The molecular weight excluding hydrogens is 238 g/mol. The lowest BCUT2D eigenvalue weighted by molar-refractivity contribution is -0.385. The number of nitrogens with zero attached hydrogens (tertiary/aromatic N) is 2. The summed E-state index contributed by atoms with van der Waals surface area (Å²) in [6.45, 7) is 0.950. The highest BCUT2D eigenvalue weighted by molar-refractivity contribution is 5.59. The molecule has 1 aromatic carbocycles. The van der Waals surface area contributed by atoms with Gasteiger partial charge in [-0.1, -0.05) is 0 Å². The minimum atomic E-state index is -0.955. The third-order valence-electron chi connectivity index (χ3n) is 2.46. The Balaban J connectivity index is 3.08. The van der Waals surface area contributed by atoms with Crippen LogP contribution >= 0.6 is 0 Å². The van der Waals surface area contributed by atoms with E-state index in [1.54, 1.807) is 13.0 Å². The summed E-state index contributed by atoms with van der Waals surface area (Å²) >= 11 is 0. The topological polar surface area (TPSA) is 119 Å². The van der Waals surface area contributed by atoms with E-state index in [-0.39, 0.29) is 24.5 Å². The van der Waals surface area contributed by atoms with Crippen LogP contribution in [0.1, 0.15) is 12.5 Å². The van der Waals surface area contributed by atoms with Crippen LogP contribution in [0, 0.1) is 21.4 Å². The molecule has 1 aromatic rings. The van der Waals surface area contributed by atoms with Crippen molar-refractivity contribution in [1.29, 1.82) is 5.26 Å². The van der Waals surface area contributed by atoms with Crippen LogP contribution in [0.25, 0.3) is 0 Å². The Morgan fingerprint density at radius 1 is 1.50 bits per heavy atom. The smallest absolute Gasteiger partial charge is 0.287 e. The van der Waals surface area contributed by atoms with E-state index in [4.69, 9.17) is 15.5 Å². The van der Waals surface area contributed by atoms with Gasteiger partial charge in [0.05, 0.1) is 23.7 Å². The number of nitro benzene ring substituents is 1. The van der Waals surface area contributed by atoms with Crippen molar-refractivity contribution in [2.24, 2.45) is 0 Å². The Morgan fingerprint density at radius 3 is 2.56 bits per heavy atom. The Morgan fingerprint density at radius 2 is 2.11 bits per heavy atom. The van der Waals surface area contributed by atoms with Crippen LogP contribution in [-0.4, -0.2) is 33.9 Å². The first-order valence-corrected chi connectivity index (χ1v) is 5.14. The van der Waals surface area contributed by atoms with E-state index in [2.05, 4.69) is 5.32 Å². The van der Waals surface area contributed by atoms with Gasteiger partial charge in [0.15, 0.2) is 0 Å². The Hall–Kier alpha value is -2.17. The second-order valence-electron chi connectivity index (χ2n) is 4.10. The summed E-state index contributed by atoms with van der Waals surface area (Å²) in [6, 6.07) is 5.66. The number of hydrogen-bond acceptors (Lipinski definition) is 6. The highest BCUT2D eigenvalue weighted by Gasteiger charge is 2.23. The van der Waals surface area contributed by atoms with Crippen molar-refractivity contribution in [3.63, 3.8) is 0 Å². The van der Waals surface area contributed by atoms with Gasteiger partial charge in [-0.15, -0.1) is 0 Å². The maximum absolute atomic E-state index is 10.6. The van der Waals surface area contributed by atoms with Crippen LogP contribution in [0.4, 0.5) is 11.4 Å². The maximum atomic E-state index is 10.6. The molecule has 1 rings (SSSR count). The van der Waals surface area contributed by atoms with E-state index < -0.39 is 10.5 Å². The van der Waals surface area contributed by atoms with Crippen molar-refractivity contribution >= 4 is 11.4 Å². The zero-order chi connectivity index (χ0) is 13.8. The van der Waals surface area contributed by atoms with Crippen molar-refractivity contribution < 1.29 is 15.1 Å². The SMILES string of the molecule is CC(CO)(CO)Nc1ccc([N+](=O)[O-])c(C#N)c1. The summed E-state index contributed by atoms with van der Waals surface area (Å²) in [7, 11) is 0. The number of nitrogens with one attached hydrogen (secondary N) is 1. The van der Waals surface area contributed by atoms with E-state index in [9.17, 15) is 10.1 Å². The lowest BCUT2D eigenvalue weighted by atomic mass is 10.0. The number of aliphatic hydroxyl groups is 2. The number of hydrogen-bond donors (Lipinski definition) is 3. The number of aliphatic hydroxyl groups excluding tert-OH is 2. The van der Waals surface area contributed by atoms with E-state index in [0.29, 0.717) is 5.69 Å². The van der Waals surface area contributed by atoms with Gasteiger partial charge in [0.1, 0.15) is 11.6 Å². The average molecular weight is 251 g/mol. The monoisotopic (exact) mass is 251 g/mol. The summed E-state index contributed by atoms with van der Waals surface area (Å²) in [5.74, 6) is 0. The van der Waals surface area contributed by atoms with E-state index in [1.165, 1.54) is 18.2 Å². The van der Waals surface area contributed by atoms with Crippen molar-refractivity contribution in [3.05, 3.63) is 33.9 Å². The van der Waals surface area contributed by atoms with E-state index in [0.717, 1.165) is 0 Å². The number of benzene rings is 1. The lowest BCUT2D eigenvalue weighted by Gasteiger charge is -2.27. The van der Waals surface area contributed by atoms with Crippen LogP contribution in [0.15, 0.2) is 18.2 Å². The maximum Gasteiger partial charge on any atom is 0.287 e. The molecule has 0 unspecified atom stereocenters. The predicted molar refractivity (Wildman–Crippen MR) is 64.0 cm³/mol. The molecule has 0 spiro atoms. The standard InChI is InChI=1S/C11H13N3O4/c1-11(6-15,7-16)13-9-2-3-10(14(17)18)8(4-9)5-12/h2-4,13,15-16H,6-7H2,1H3. The Labute approximate surface area is 103 Å². The Kier molecular flexibility index (Phi) is 4.20. The van der Waals surface area contributed by atoms with Gasteiger partial charge in [0.2, 0.25) is 0 Å². The van der Waals surface area contributed by atoms with Gasteiger partial charge >= 0.3 is 0 Å². The summed E-state index contributed by atoms with van der Waals surface area (Å²) in [5, 5.41) is 40.5. The molecule has 0 bridgehead atoms. The predicted octanol–water partition coefficient (Wildman–Crippen LogP) is 0.622. The molecule has 7 heteroatoms. The highest BCUT2D eigenvalue weighted by atomic mass is 16.6. The molecule has 0 aromatic heterocycles. The van der Waals surface area contributed by atoms with Crippen molar-refractivity contribution in [2.75, 3.05) is 18.5 Å². The van der Waals surface area contributed by atoms with E-state index >= 15 is 0 Å². The minimum absolute atomic E-state index is 0.0803. The quantitative estimate of drug-likeness (QED) is 0.521. The van der Waals surface area contributed by atoms with E-state index in [1.807, 2.05) is 0 Å². The third kappa shape index (κ3) is 2.94. The molecule has 96 valence electrons. The largest absolute Gasteiger partial charge is 0.394 e. The molecule has 18 heavy (non-hydrogen) atoms. The van der Waals surface area contributed by atoms with Gasteiger partial charge in [0, 0.05) is 11.8 Å². The fraction of sp³-hybridized carbons (Fsp3) is 0.364. The van der Waals surface area contributed by atoms with Gasteiger partial charge in [-0.25, -0.2) is 0 Å². The van der Waals surface area contributed by atoms with Crippen LogP contribution in [0.5, 0.6) is 0 Å². The van der Waals surface area contributed by atoms with Crippen LogP contribution in [-0.2, 0) is 0 Å². The first-order chi connectivity index (χ1) is 8.45. The molecule has 3 N–H and O–H groups in total. The molecule has 0 saturated heterocycles. The molecule has 0 atom stereocenters. The Bertz CT molecular complexity index is 492. The van der Waals surface area contributed by atoms with Crippen molar-refractivity contribution in [1.82, 2.24) is 0 Å². The normalized spacial score (nSPS) is 10.8. The molecule has 0 heterocycles. The van der Waals surface area contributed by atoms with Crippen molar-refractivity contribution in [2.45, 2.75) is 12.5 Å². The molecule has 7 nitrogen and oxygen atoms in total. The second kappa shape index (κ2) is 5.44. The van der Waals surface area contributed by atoms with Gasteiger partial charge < -0.3 is 15.5 Å².